The van der Waals surface area contributed by atoms with Gasteiger partial charge in [-0.3, -0.25) is 0 Å². The van der Waals surface area contributed by atoms with Crippen LogP contribution in [-0.2, 0) is 4.74 Å². The van der Waals surface area contributed by atoms with E-state index in [0.29, 0.717) is 5.02 Å². The molecule has 0 aromatic heterocycles. The Morgan fingerprint density at radius 1 is 1.54 bits per heavy atom. The standard InChI is InChI=1S/C9H8BrClO2/c10-7-3-5(11)1-2-6(7)9-8(4-12)13-9/h1-3,8-9,12H,4H2. The smallest absolute Gasteiger partial charge is 0.113 e. The molecular formula is C9H8BrClO2. The molecule has 1 aliphatic rings. The maximum absolute atomic E-state index is 8.82. The summed E-state index contributed by atoms with van der Waals surface area (Å²) >= 11 is 9.19. The lowest BCUT2D eigenvalue weighted by Crippen LogP contribution is -1.94. The van der Waals surface area contributed by atoms with Gasteiger partial charge in [-0.1, -0.05) is 33.6 Å². The van der Waals surface area contributed by atoms with E-state index in [1.807, 2.05) is 18.2 Å². The summed E-state index contributed by atoms with van der Waals surface area (Å²) in [6.45, 7) is 0.0692. The van der Waals surface area contributed by atoms with Crippen LogP contribution in [0.4, 0.5) is 0 Å². The highest BCUT2D eigenvalue weighted by Crippen LogP contribution is 2.42. The minimum Gasteiger partial charge on any atom is -0.394 e. The first kappa shape index (κ1) is 9.46. The molecule has 2 atom stereocenters. The number of halogens is 2. The first-order valence-corrected chi connectivity index (χ1v) is 5.10. The number of aliphatic hydroxyl groups excluding tert-OH is 1. The van der Waals surface area contributed by atoms with Crippen molar-refractivity contribution in [1.29, 1.82) is 0 Å². The predicted octanol–water partition coefficient (Wildman–Crippen LogP) is 2.53. The molecular weight excluding hydrogens is 255 g/mol. The molecule has 2 rings (SSSR count). The van der Waals surface area contributed by atoms with Gasteiger partial charge in [0, 0.05) is 9.50 Å². The second-order valence-electron chi connectivity index (χ2n) is 2.94. The van der Waals surface area contributed by atoms with Crippen LogP contribution >= 0.6 is 27.5 Å². The maximum Gasteiger partial charge on any atom is 0.113 e. The quantitative estimate of drug-likeness (QED) is 0.832. The van der Waals surface area contributed by atoms with E-state index >= 15 is 0 Å². The summed E-state index contributed by atoms with van der Waals surface area (Å²) in [4.78, 5) is 0. The van der Waals surface area contributed by atoms with E-state index in [1.165, 1.54) is 0 Å². The van der Waals surface area contributed by atoms with E-state index < -0.39 is 0 Å². The van der Waals surface area contributed by atoms with Crippen molar-refractivity contribution in [2.45, 2.75) is 12.2 Å². The maximum atomic E-state index is 8.82. The fourth-order valence-corrected chi connectivity index (χ4v) is 2.20. The van der Waals surface area contributed by atoms with E-state index in [4.69, 9.17) is 21.4 Å². The Morgan fingerprint density at radius 2 is 2.31 bits per heavy atom. The van der Waals surface area contributed by atoms with E-state index in [2.05, 4.69) is 15.9 Å². The summed E-state index contributed by atoms with van der Waals surface area (Å²) in [6.07, 6.45) is -0.0193. The number of aliphatic hydroxyl groups is 1. The Bertz CT molecular complexity index is 329. The predicted molar refractivity (Wildman–Crippen MR) is 53.9 cm³/mol. The highest BCUT2D eigenvalue weighted by atomic mass is 79.9. The molecule has 0 saturated carbocycles. The number of hydrogen-bond donors (Lipinski definition) is 1. The third-order valence-electron chi connectivity index (χ3n) is 2.03. The topological polar surface area (TPSA) is 32.8 Å². The van der Waals surface area contributed by atoms with Gasteiger partial charge in [-0.05, 0) is 17.7 Å². The third-order valence-corrected chi connectivity index (χ3v) is 2.95. The molecule has 0 bridgehead atoms. The molecule has 2 nitrogen and oxygen atoms in total. The fraction of sp³-hybridized carbons (Fsp3) is 0.333. The van der Waals surface area contributed by atoms with Gasteiger partial charge in [0.1, 0.15) is 12.2 Å². The molecule has 0 aliphatic carbocycles. The first-order valence-electron chi connectivity index (χ1n) is 3.93. The zero-order valence-corrected chi connectivity index (χ0v) is 9.05. The van der Waals surface area contributed by atoms with Gasteiger partial charge in [0.25, 0.3) is 0 Å². The van der Waals surface area contributed by atoms with E-state index in [1.54, 1.807) is 0 Å². The largest absolute Gasteiger partial charge is 0.394 e. The van der Waals surface area contributed by atoms with Crippen molar-refractivity contribution in [3.8, 4) is 0 Å². The van der Waals surface area contributed by atoms with Crippen LogP contribution in [0.1, 0.15) is 11.7 Å². The number of rotatable bonds is 2. The van der Waals surface area contributed by atoms with Crippen molar-refractivity contribution >= 4 is 27.5 Å². The average molecular weight is 264 g/mol. The zero-order valence-electron chi connectivity index (χ0n) is 6.71. The van der Waals surface area contributed by atoms with Crippen molar-refractivity contribution in [3.63, 3.8) is 0 Å². The summed E-state index contributed by atoms with van der Waals surface area (Å²) in [5, 5.41) is 9.51. The summed E-state index contributed by atoms with van der Waals surface area (Å²) in [6, 6.07) is 5.55. The average Bonchev–Trinajstić information content (AvgIpc) is 2.83. The Kier molecular flexibility index (Phi) is 2.60. The highest BCUT2D eigenvalue weighted by Gasteiger charge is 2.40. The second kappa shape index (κ2) is 3.58. The molecule has 0 spiro atoms. The molecule has 2 unspecified atom stereocenters. The monoisotopic (exact) mass is 262 g/mol. The van der Waals surface area contributed by atoms with Crippen molar-refractivity contribution in [1.82, 2.24) is 0 Å². The van der Waals surface area contributed by atoms with Gasteiger partial charge in [-0.15, -0.1) is 0 Å². The summed E-state index contributed by atoms with van der Waals surface area (Å²) < 4.78 is 6.18. The van der Waals surface area contributed by atoms with Crippen LogP contribution in [-0.4, -0.2) is 17.8 Å². The van der Waals surface area contributed by atoms with Crippen LogP contribution in [0.5, 0.6) is 0 Å². The third kappa shape index (κ3) is 1.89. The summed E-state index contributed by atoms with van der Waals surface area (Å²) in [5.41, 5.74) is 1.04. The van der Waals surface area contributed by atoms with Gasteiger partial charge in [0.15, 0.2) is 0 Å². The number of epoxide rings is 1. The van der Waals surface area contributed by atoms with E-state index in [0.717, 1.165) is 10.0 Å². The van der Waals surface area contributed by atoms with Gasteiger partial charge < -0.3 is 9.84 Å². The molecule has 1 heterocycles. The van der Waals surface area contributed by atoms with Gasteiger partial charge in [-0.2, -0.15) is 0 Å². The van der Waals surface area contributed by atoms with Crippen molar-refractivity contribution in [2.24, 2.45) is 0 Å². The molecule has 1 N–H and O–H groups in total. The van der Waals surface area contributed by atoms with Gasteiger partial charge in [0.05, 0.1) is 6.61 Å². The summed E-state index contributed by atoms with van der Waals surface area (Å²) in [7, 11) is 0. The SMILES string of the molecule is OCC1OC1c1ccc(Cl)cc1Br. The molecule has 70 valence electrons. The second-order valence-corrected chi connectivity index (χ2v) is 4.23. The molecule has 1 aromatic carbocycles. The minimum atomic E-state index is -0.0440. The Labute approximate surface area is 89.6 Å². The molecule has 0 amide bonds. The van der Waals surface area contributed by atoms with Crippen LogP contribution in [0, 0.1) is 0 Å². The summed E-state index contributed by atoms with van der Waals surface area (Å²) in [5.74, 6) is 0. The normalized spacial score (nSPS) is 26.1. The molecule has 13 heavy (non-hydrogen) atoms. The Morgan fingerprint density at radius 3 is 2.85 bits per heavy atom. The first-order chi connectivity index (χ1) is 6.22. The molecule has 4 heteroatoms. The van der Waals surface area contributed by atoms with E-state index in [-0.39, 0.29) is 18.8 Å². The van der Waals surface area contributed by atoms with Crippen molar-refractivity contribution in [3.05, 3.63) is 33.3 Å². The Hall–Kier alpha value is -0.0900. The number of benzene rings is 1. The van der Waals surface area contributed by atoms with Gasteiger partial charge in [0.2, 0.25) is 0 Å². The minimum absolute atomic E-state index is 0.0247. The lowest BCUT2D eigenvalue weighted by atomic mass is 10.1. The molecule has 0 radical (unpaired) electrons. The van der Waals surface area contributed by atoms with E-state index in [9.17, 15) is 0 Å². The fourth-order valence-electron chi connectivity index (χ4n) is 1.29. The van der Waals surface area contributed by atoms with Gasteiger partial charge in [-0.25, -0.2) is 0 Å². The molecule has 1 saturated heterocycles. The molecule has 1 aromatic rings. The van der Waals surface area contributed by atoms with Crippen LogP contribution in [0.15, 0.2) is 22.7 Å². The van der Waals surface area contributed by atoms with Crippen LogP contribution < -0.4 is 0 Å². The van der Waals surface area contributed by atoms with Crippen LogP contribution in [0.3, 0.4) is 0 Å². The lowest BCUT2D eigenvalue weighted by Gasteiger charge is -2.00. The van der Waals surface area contributed by atoms with Gasteiger partial charge >= 0.3 is 0 Å². The molecule has 1 aliphatic heterocycles. The molecule has 1 fully saturated rings. The van der Waals surface area contributed by atoms with Crippen LogP contribution in [0.25, 0.3) is 0 Å². The van der Waals surface area contributed by atoms with Crippen LogP contribution in [0.2, 0.25) is 5.02 Å². The van der Waals surface area contributed by atoms with Crippen molar-refractivity contribution in [2.75, 3.05) is 6.61 Å². The lowest BCUT2D eigenvalue weighted by molar-refractivity contribution is 0.242. The van der Waals surface area contributed by atoms with Crippen molar-refractivity contribution < 1.29 is 9.84 Å². The Balaban J connectivity index is 2.22. The zero-order chi connectivity index (χ0) is 9.42. The number of hydrogen-bond acceptors (Lipinski definition) is 2. The highest BCUT2D eigenvalue weighted by molar-refractivity contribution is 9.10. The number of ether oxygens (including phenoxy) is 1.